The topological polar surface area (TPSA) is 55.6 Å². The second-order valence-corrected chi connectivity index (χ2v) is 5.11. The van der Waals surface area contributed by atoms with Gasteiger partial charge in [0.15, 0.2) is 0 Å². The van der Waals surface area contributed by atoms with Crippen LogP contribution in [0.2, 0.25) is 5.02 Å². The molecule has 0 aromatic heterocycles. The summed E-state index contributed by atoms with van der Waals surface area (Å²) in [6.07, 6.45) is 0.115. The first-order valence-corrected chi connectivity index (χ1v) is 6.35. The van der Waals surface area contributed by atoms with Crippen molar-refractivity contribution in [2.24, 2.45) is 0 Å². The van der Waals surface area contributed by atoms with Crippen LogP contribution in [0.1, 0.15) is 24.2 Å². The first kappa shape index (κ1) is 13.2. The third-order valence-corrected chi connectivity index (χ3v) is 3.29. The summed E-state index contributed by atoms with van der Waals surface area (Å²) < 4.78 is 5.61. The minimum absolute atomic E-state index is 0.0274. The number of ether oxygens (including phenoxy) is 1. The van der Waals surface area contributed by atoms with Crippen molar-refractivity contribution in [3.8, 4) is 0 Å². The highest BCUT2D eigenvalue weighted by Crippen LogP contribution is 2.21. The minimum Gasteiger partial charge on any atom is -0.398 e. The van der Waals surface area contributed by atoms with E-state index in [1.807, 2.05) is 13.8 Å². The van der Waals surface area contributed by atoms with Crippen molar-refractivity contribution in [1.29, 1.82) is 0 Å². The minimum atomic E-state index is -0.0274. The third-order valence-electron chi connectivity index (χ3n) is 2.95. The molecule has 0 saturated carbocycles. The molecule has 1 aromatic rings. The van der Waals surface area contributed by atoms with E-state index in [4.69, 9.17) is 22.1 Å². The van der Waals surface area contributed by atoms with E-state index in [1.165, 1.54) is 0 Å². The Bertz CT molecular complexity index is 454. The predicted molar refractivity (Wildman–Crippen MR) is 71.8 cm³/mol. The maximum absolute atomic E-state index is 12.3. The summed E-state index contributed by atoms with van der Waals surface area (Å²) in [6.45, 7) is 5.13. The van der Waals surface area contributed by atoms with Gasteiger partial charge in [-0.3, -0.25) is 4.79 Å². The lowest BCUT2D eigenvalue weighted by atomic mass is 10.1. The number of nitrogen functional groups attached to an aromatic ring is 1. The quantitative estimate of drug-likeness (QED) is 0.794. The number of nitrogens with zero attached hydrogens (tertiary/aromatic N) is 1. The molecule has 1 fully saturated rings. The van der Waals surface area contributed by atoms with Crippen LogP contribution < -0.4 is 5.73 Å². The molecule has 2 rings (SSSR count). The molecule has 98 valence electrons. The van der Waals surface area contributed by atoms with Crippen molar-refractivity contribution >= 4 is 23.2 Å². The number of carbonyl (C=O) groups excluding carboxylic acids is 1. The van der Waals surface area contributed by atoms with E-state index in [2.05, 4.69) is 0 Å². The number of anilines is 1. The van der Waals surface area contributed by atoms with Crippen molar-refractivity contribution < 1.29 is 9.53 Å². The van der Waals surface area contributed by atoms with Gasteiger partial charge in [0.1, 0.15) is 0 Å². The Morgan fingerprint density at radius 2 is 2.00 bits per heavy atom. The second kappa shape index (κ2) is 5.16. The molecule has 1 amide bonds. The first-order chi connectivity index (χ1) is 8.47. The van der Waals surface area contributed by atoms with Crippen LogP contribution in [0.5, 0.6) is 0 Å². The molecule has 0 unspecified atom stereocenters. The van der Waals surface area contributed by atoms with Crippen molar-refractivity contribution in [2.75, 3.05) is 18.8 Å². The average molecular weight is 269 g/mol. The summed E-state index contributed by atoms with van der Waals surface area (Å²) in [5.41, 5.74) is 6.71. The van der Waals surface area contributed by atoms with Gasteiger partial charge in [0.2, 0.25) is 0 Å². The van der Waals surface area contributed by atoms with Gasteiger partial charge in [-0.1, -0.05) is 11.6 Å². The van der Waals surface area contributed by atoms with Gasteiger partial charge in [0.05, 0.1) is 22.9 Å². The van der Waals surface area contributed by atoms with E-state index in [0.717, 1.165) is 0 Å². The van der Waals surface area contributed by atoms with E-state index in [1.54, 1.807) is 23.1 Å². The Morgan fingerprint density at radius 1 is 1.39 bits per heavy atom. The van der Waals surface area contributed by atoms with E-state index < -0.39 is 0 Å². The molecule has 1 saturated heterocycles. The molecule has 18 heavy (non-hydrogen) atoms. The molecular formula is C13H17ClN2O2. The average Bonchev–Trinajstić information content (AvgIpc) is 2.30. The third kappa shape index (κ3) is 2.76. The number of hydrogen-bond donors (Lipinski definition) is 1. The van der Waals surface area contributed by atoms with Crippen LogP contribution >= 0.6 is 11.6 Å². The molecular weight excluding hydrogens is 252 g/mol. The summed E-state index contributed by atoms with van der Waals surface area (Å²) in [5, 5.41) is 0.468. The molecule has 5 heteroatoms. The highest BCUT2D eigenvalue weighted by molar-refractivity contribution is 6.33. The van der Waals surface area contributed by atoms with Gasteiger partial charge in [0.25, 0.3) is 5.91 Å². The smallest absolute Gasteiger partial charge is 0.254 e. The number of morpholine rings is 1. The lowest BCUT2D eigenvalue weighted by Crippen LogP contribution is -2.48. The lowest BCUT2D eigenvalue weighted by Gasteiger charge is -2.35. The largest absolute Gasteiger partial charge is 0.398 e. The normalized spacial score (nSPS) is 24.1. The summed E-state index contributed by atoms with van der Waals surface area (Å²) in [5.74, 6) is -0.0274. The predicted octanol–water partition coefficient (Wildman–Crippen LogP) is 2.17. The molecule has 2 atom stereocenters. The van der Waals surface area contributed by atoms with Gasteiger partial charge < -0.3 is 15.4 Å². The van der Waals surface area contributed by atoms with Crippen molar-refractivity contribution in [1.82, 2.24) is 4.90 Å². The molecule has 1 aliphatic heterocycles. The molecule has 0 radical (unpaired) electrons. The van der Waals surface area contributed by atoms with Crippen LogP contribution in [0.3, 0.4) is 0 Å². The zero-order valence-electron chi connectivity index (χ0n) is 10.5. The fraction of sp³-hybridized carbons (Fsp3) is 0.462. The Kier molecular flexibility index (Phi) is 3.78. The number of nitrogens with two attached hydrogens (primary N) is 1. The molecule has 4 nitrogen and oxygen atoms in total. The molecule has 1 aromatic carbocycles. The number of halogens is 1. The monoisotopic (exact) mass is 268 g/mol. The summed E-state index contributed by atoms with van der Waals surface area (Å²) >= 11 is 5.85. The fourth-order valence-corrected chi connectivity index (χ4v) is 2.32. The Balaban J connectivity index is 2.17. The van der Waals surface area contributed by atoms with Crippen LogP contribution in [0.25, 0.3) is 0 Å². The molecule has 0 aliphatic carbocycles. The van der Waals surface area contributed by atoms with E-state index >= 15 is 0 Å². The molecule has 0 spiro atoms. The molecule has 1 aliphatic rings. The van der Waals surface area contributed by atoms with Crippen LogP contribution in [-0.4, -0.2) is 36.1 Å². The number of amides is 1. The summed E-state index contributed by atoms with van der Waals surface area (Å²) in [4.78, 5) is 14.1. The molecule has 2 N–H and O–H groups in total. The Labute approximate surface area is 112 Å². The van der Waals surface area contributed by atoms with E-state index in [9.17, 15) is 4.79 Å². The van der Waals surface area contributed by atoms with Crippen LogP contribution in [0.4, 0.5) is 5.69 Å². The first-order valence-electron chi connectivity index (χ1n) is 5.97. The van der Waals surface area contributed by atoms with Crippen LogP contribution in [-0.2, 0) is 4.74 Å². The number of benzene rings is 1. The maximum atomic E-state index is 12.3. The van der Waals surface area contributed by atoms with Crippen molar-refractivity contribution in [3.05, 3.63) is 28.8 Å². The highest BCUT2D eigenvalue weighted by Gasteiger charge is 2.26. The van der Waals surface area contributed by atoms with E-state index in [-0.39, 0.29) is 18.1 Å². The molecule has 0 bridgehead atoms. The Morgan fingerprint density at radius 3 is 2.56 bits per heavy atom. The number of hydrogen-bond acceptors (Lipinski definition) is 3. The van der Waals surface area contributed by atoms with Gasteiger partial charge >= 0.3 is 0 Å². The lowest BCUT2D eigenvalue weighted by molar-refractivity contribution is -0.0586. The summed E-state index contributed by atoms with van der Waals surface area (Å²) in [6, 6.07) is 4.97. The Hall–Kier alpha value is -1.26. The van der Waals surface area contributed by atoms with Crippen molar-refractivity contribution in [2.45, 2.75) is 26.1 Å². The highest BCUT2D eigenvalue weighted by atomic mass is 35.5. The van der Waals surface area contributed by atoms with Gasteiger partial charge in [0, 0.05) is 18.7 Å². The van der Waals surface area contributed by atoms with Crippen molar-refractivity contribution in [3.63, 3.8) is 0 Å². The standard InChI is InChI=1S/C13H17ClN2O2/c1-8-6-16(7-9(2)18-8)13(17)10-3-4-11(14)12(15)5-10/h3-5,8-9H,6-7,15H2,1-2H3/t8-,9+. The van der Waals surface area contributed by atoms with Crippen LogP contribution in [0.15, 0.2) is 18.2 Å². The zero-order chi connectivity index (χ0) is 13.3. The van der Waals surface area contributed by atoms with Gasteiger partial charge in [-0.05, 0) is 32.0 Å². The summed E-state index contributed by atoms with van der Waals surface area (Å²) in [7, 11) is 0. The van der Waals surface area contributed by atoms with Crippen LogP contribution in [0, 0.1) is 0 Å². The fourth-order valence-electron chi connectivity index (χ4n) is 2.20. The van der Waals surface area contributed by atoms with Gasteiger partial charge in [-0.15, -0.1) is 0 Å². The zero-order valence-corrected chi connectivity index (χ0v) is 11.3. The van der Waals surface area contributed by atoms with Gasteiger partial charge in [-0.2, -0.15) is 0 Å². The SMILES string of the molecule is C[C@@H]1CN(C(=O)c2ccc(Cl)c(N)c2)C[C@H](C)O1. The second-order valence-electron chi connectivity index (χ2n) is 4.70. The van der Waals surface area contributed by atoms with E-state index in [0.29, 0.717) is 29.4 Å². The van der Waals surface area contributed by atoms with Gasteiger partial charge in [-0.25, -0.2) is 0 Å². The number of carbonyl (C=O) groups is 1. The number of rotatable bonds is 1. The maximum Gasteiger partial charge on any atom is 0.254 e. The molecule has 1 heterocycles.